The molecule has 1 unspecified atom stereocenters. The van der Waals surface area contributed by atoms with Crippen LogP contribution in [0, 0.1) is 10.7 Å². The number of rotatable bonds is 8. The fraction of sp³-hybridized carbons (Fsp3) is 0.600. The molecule has 0 bridgehead atoms. The van der Waals surface area contributed by atoms with Crippen molar-refractivity contribution in [3.05, 3.63) is 33.0 Å². The third kappa shape index (κ3) is 5.46. The summed E-state index contributed by atoms with van der Waals surface area (Å²) in [5, 5.41) is 5.89. The molecule has 0 aliphatic carbocycles. The van der Waals surface area contributed by atoms with Gasteiger partial charge >= 0.3 is 0 Å². The van der Waals surface area contributed by atoms with Gasteiger partial charge < -0.3 is 0 Å². The average molecular weight is 492 g/mol. The van der Waals surface area contributed by atoms with Crippen LogP contribution in [0.5, 0.6) is 0 Å². The van der Waals surface area contributed by atoms with Crippen molar-refractivity contribution in [3.63, 3.8) is 0 Å². The highest BCUT2D eigenvalue weighted by molar-refractivity contribution is 7.91. The molecule has 30 heavy (non-hydrogen) atoms. The molecule has 10 heteroatoms. The van der Waals surface area contributed by atoms with Crippen molar-refractivity contribution in [1.29, 1.82) is 0 Å². The molecule has 0 amide bonds. The molecular weight excluding hydrogens is 463 g/mol. The Kier molecular flexibility index (Phi) is 7.66. The molecule has 3 rings (SSSR count). The number of aromatic nitrogens is 3. The van der Waals surface area contributed by atoms with Crippen molar-refractivity contribution < 1.29 is 8.42 Å². The van der Waals surface area contributed by atoms with E-state index in [-0.39, 0.29) is 17.5 Å². The SMILES string of the molecule is CCCN(Cn1nc(-c2ccc(Cl)cc2Cl)n(CC(C)C)c1=S)C1CCS(=O)(=O)C1. The molecule has 6 nitrogen and oxygen atoms in total. The summed E-state index contributed by atoms with van der Waals surface area (Å²) in [7, 11) is -2.97. The van der Waals surface area contributed by atoms with E-state index in [0.29, 0.717) is 46.2 Å². The molecule has 1 fully saturated rings. The van der Waals surface area contributed by atoms with Gasteiger partial charge in [-0.3, -0.25) is 9.47 Å². The molecule has 1 aromatic heterocycles. The van der Waals surface area contributed by atoms with Gasteiger partial charge in [0.25, 0.3) is 0 Å². The number of nitrogens with zero attached hydrogens (tertiary/aromatic N) is 4. The zero-order chi connectivity index (χ0) is 22.1. The summed E-state index contributed by atoms with van der Waals surface area (Å²) in [6.07, 6.45) is 1.57. The van der Waals surface area contributed by atoms with E-state index in [9.17, 15) is 8.42 Å². The predicted octanol–water partition coefficient (Wildman–Crippen LogP) is 4.90. The number of sulfone groups is 1. The minimum absolute atomic E-state index is 0.00494. The highest BCUT2D eigenvalue weighted by atomic mass is 35.5. The van der Waals surface area contributed by atoms with Crippen LogP contribution in [0.25, 0.3) is 11.4 Å². The number of hydrogen-bond donors (Lipinski definition) is 0. The van der Waals surface area contributed by atoms with Crippen molar-refractivity contribution in [3.8, 4) is 11.4 Å². The van der Waals surface area contributed by atoms with Crippen LogP contribution >= 0.6 is 35.4 Å². The van der Waals surface area contributed by atoms with Crippen LogP contribution in [0.1, 0.15) is 33.6 Å². The smallest absolute Gasteiger partial charge is 0.199 e. The number of hydrogen-bond acceptors (Lipinski definition) is 5. The van der Waals surface area contributed by atoms with Gasteiger partial charge in [-0.1, -0.05) is 44.0 Å². The molecule has 166 valence electrons. The van der Waals surface area contributed by atoms with Crippen molar-refractivity contribution in [2.45, 2.75) is 52.9 Å². The summed E-state index contributed by atoms with van der Waals surface area (Å²) in [6, 6.07) is 5.34. The quantitative estimate of drug-likeness (QED) is 0.492. The van der Waals surface area contributed by atoms with Gasteiger partial charge in [-0.25, -0.2) is 13.1 Å². The Hall–Kier alpha value is -0.930. The van der Waals surface area contributed by atoms with Crippen LogP contribution in [-0.4, -0.2) is 51.8 Å². The lowest BCUT2D eigenvalue weighted by Crippen LogP contribution is -2.38. The highest BCUT2D eigenvalue weighted by Crippen LogP contribution is 2.30. The van der Waals surface area contributed by atoms with Crippen molar-refractivity contribution in [2.24, 2.45) is 5.92 Å². The lowest BCUT2D eigenvalue weighted by atomic mass is 10.2. The molecule has 1 saturated heterocycles. The standard InChI is InChI=1S/C20H28Cl2N4O2S2/c1-4-8-24(16-7-9-30(27,28)12-16)13-26-20(29)25(11-14(2)3)19(23-26)17-6-5-15(21)10-18(17)22/h5-6,10,14,16H,4,7-9,11-13H2,1-3H3. The summed E-state index contributed by atoms with van der Waals surface area (Å²) in [6.45, 7) is 8.29. The second kappa shape index (κ2) is 9.69. The fourth-order valence-electron chi connectivity index (χ4n) is 3.82. The summed E-state index contributed by atoms with van der Waals surface area (Å²) in [4.78, 5) is 2.18. The van der Waals surface area contributed by atoms with E-state index in [1.54, 1.807) is 16.8 Å². The van der Waals surface area contributed by atoms with Crippen LogP contribution in [-0.2, 0) is 23.1 Å². The number of halogens is 2. The minimum Gasteiger partial charge on any atom is -0.300 e. The number of benzene rings is 1. The van der Waals surface area contributed by atoms with Gasteiger partial charge in [-0.05, 0) is 55.7 Å². The second-order valence-corrected chi connectivity index (χ2v) is 11.7. The molecule has 1 aliphatic heterocycles. The monoisotopic (exact) mass is 490 g/mol. The van der Waals surface area contributed by atoms with Crippen LogP contribution < -0.4 is 0 Å². The molecule has 1 aliphatic rings. The third-order valence-electron chi connectivity index (χ3n) is 5.19. The maximum absolute atomic E-state index is 12.0. The molecular formula is C20H28Cl2N4O2S2. The van der Waals surface area contributed by atoms with E-state index in [4.69, 9.17) is 40.5 Å². The van der Waals surface area contributed by atoms with Gasteiger partial charge in [-0.2, -0.15) is 5.10 Å². The Labute approximate surface area is 193 Å². The maximum atomic E-state index is 12.0. The highest BCUT2D eigenvalue weighted by Gasteiger charge is 2.32. The van der Waals surface area contributed by atoms with Gasteiger partial charge in [0.1, 0.15) is 0 Å². The van der Waals surface area contributed by atoms with Gasteiger partial charge in [0.05, 0.1) is 23.2 Å². The van der Waals surface area contributed by atoms with Gasteiger partial charge in [0.2, 0.25) is 0 Å². The van der Waals surface area contributed by atoms with Gasteiger partial charge in [0, 0.05) is 23.2 Å². The molecule has 1 aromatic carbocycles. The lowest BCUT2D eigenvalue weighted by Gasteiger charge is -2.27. The van der Waals surface area contributed by atoms with E-state index < -0.39 is 9.84 Å². The van der Waals surface area contributed by atoms with E-state index in [2.05, 4.69) is 25.7 Å². The van der Waals surface area contributed by atoms with E-state index in [1.165, 1.54) is 0 Å². The summed E-state index contributed by atoms with van der Waals surface area (Å²) in [5.41, 5.74) is 0.775. The van der Waals surface area contributed by atoms with Crippen LogP contribution in [0.2, 0.25) is 10.0 Å². The predicted molar refractivity (Wildman–Crippen MR) is 125 cm³/mol. The lowest BCUT2D eigenvalue weighted by molar-refractivity contribution is 0.155. The zero-order valence-electron chi connectivity index (χ0n) is 17.5. The normalized spacial score (nSPS) is 18.6. The summed E-state index contributed by atoms with van der Waals surface area (Å²) in [5.74, 6) is 1.51. The first-order valence-corrected chi connectivity index (χ1v) is 13.2. The largest absolute Gasteiger partial charge is 0.300 e. The molecule has 0 N–H and O–H groups in total. The van der Waals surface area contributed by atoms with Crippen LogP contribution in [0.15, 0.2) is 18.2 Å². The van der Waals surface area contributed by atoms with Crippen LogP contribution in [0.4, 0.5) is 0 Å². The Bertz CT molecular complexity index is 1060. The maximum Gasteiger partial charge on any atom is 0.199 e. The van der Waals surface area contributed by atoms with E-state index in [0.717, 1.165) is 18.5 Å². The first-order chi connectivity index (χ1) is 14.1. The summed E-state index contributed by atoms with van der Waals surface area (Å²) >= 11 is 18.3. The van der Waals surface area contributed by atoms with Crippen molar-refractivity contribution in [2.75, 3.05) is 18.1 Å². The topological polar surface area (TPSA) is 60.1 Å². The molecule has 2 aromatic rings. The molecule has 1 atom stereocenters. The zero-order valence-corrected chi connectivity index (χ0v) is 20.7. The Morgan fingerprint density at radius 1 is 1.33 bits per heavy atom. The first-order valence-electron chi connectivity index (χ1n) is 10.2. The van der Waals surface area contributed by atoms with Gasteiger partial charge in [-0.15, -0.1) is 0 Å². The summed E-state index contributed by atoms with van der Waals surface area (Å²) < 4.78 is 28.4. The molecule has 0 radical (unpaired) electrons. The molecule has 2 heterocycles. The van der Waals surface area contributed by atoms with E-state index in [1.807, 2.05) is 10.6 Å². The van der Waals surface area contributed by atoms with Crippen molar-refractivity contribution in [1.82, 2.24) is 19.2 Å². The Balaban J connectivity index is 2.00. The minimum atomic E-state index is -2.97. The van der Waals surface area contributed by atoms with Crippen LogP contribution in [0.3, 0.4) is 0 Å². The molecule has 0 saturated carbocycles. The van der Waals surface area contributed by atoms with Crippen molar-refractivity contribution >= 4 is 45.3 Å². The Morgan fingerprint density at radius 3 is 2.63 bits per heavy atom. The average Bonchev–Trinajstić information content (AvgIpc) is 3.15. The van der Waals surface area contributed by atoms with Gasteiger partial charge in [0.15, 0.2) is 20.4 Å². The Morgan fingerprint density at radius 2 is 2.07 bits per heavy atom. The van der Waals surface area contributed by atoms with E-state index >= 15 is 0 Å². The fourth-order valence-corrected chi connectivity index (χ4v) is 6.34. The first kappa shape index (κ1) is 23.7. The second-order valence-electron chi connectivity index (χ2n) is 8.24. The molecule has 0 spiro atoms. The third-order valence-corrected chi connectivity index (χ3v) is 7.92.